The Morgan fingerprint density at radius 1 is 1.12 bits per heavy atom. The van der Waals surface area contributed by atoms with Gasteiger partial charge in [0.1, 0.15) is 12.2 Å². The van der Waals surface area contributed by atoms with Gasteiger partial charge in [-0.25, -0.2) is 0 Å². The summed E-state index contributed by atoms with van der Waals surface area (Å²) >= 11 is 0. The van der Waals surface area contributed by atoms with Crippen LogP contribution in [0.5, 0.6) is 0 Å². The first kappa shape index (κ1) is 32.4. The molecule has 0 bridgehead atoms. The molecule has 12 atom stereocenters. The van der Waals surface area contributed by atoms with Crippen LogP contribution < -0.4 is 0 Å². The standard InChI is InChI=1S/C35H58O7/c1-11-40-32(5,6)29(38)23-18-21(30(39-10)42-23)22-12-13-24-33(22,7)16-14-25-34(8)17-15-28(41-20(2)36)31(3,4)26(34)19-27(37)35(24,25)9/h13,21-23,25-30,37-38H,11-12,14-19H2,1-10H3/t21-,22-,23+,25+,26-,27+,28+,29-,30+,33-,34+,35-/m0/s1. The van der Waals surface area contributed by atoms with Crippen LogP contribution in [0.25, 0.3) is 0 Å². The average molecular weight is 591 g/mol. The van der Waals surface area contributed by atoms with E-state index >= 15 is 0 Å². The van der Waals surface area contributed by atoms with Gasteiger partial charge in [-0.05, 0) is 94.3 Å². The minimum Gasteiger partial charge on any atom is -0.462 e. The zero-order valence-electron chi connectivity index (χ0n) is 27.9. The minimum atomic E-state index is -0.752. The Hall–Kier alpha value is -0.990. The van der Waals surface area contributed by atoms with Crippen molar-refractivity contribution in [1.82, 2.24) is 0 Å². The topological polar surface area (TPSA) is 94.5 Å². The maximum Gasteiger partial charge on any atom is 0.302 e. The second-order valence-corrected chi connectivity index (χ2v) is 16.2. The van der Waals surface area contributed by atoms with Crippen LogP contribution in [-0.2, 0) is 23.7 Å². The first-order valence-electron chi connectivity index (χ1n) is 16.5. The molecule has 5 aliphatic rings. The highest BCUT2D eigenvalue weighted by Gasteiger charge is 2.69. The number of hydrogen-bond donors (Lipinski definition) is 2. The largest absolute Gasteiger partial charge is 0.462 e. The highest BCUT2D eigenvalue weighted by molar-refractivity contribution is 5.66. The summed E-state index contributed by atoms with van der Waals surface area (Å²) in [5, 5.41) is 23.4. The van der Waals surface area contributed by atoms with E-state index in [1.807, 2.05) is 20.8 Å². The fourth-order valence-electron chi connectivity index (χ4n) is 11.4. The molecule has 0 aromatic carbocycles. The number of hydrogen-bond acceptors (Lipinski definition) is 7. The third kappa shape index (κ3) is 4.66. The molecule has 4 aliphatic carbocycles. The summed E-state index contributed by atoms with van der Waals surface area (Å²) in [6.45, 7) is 19.6. The molecule has 240 valence electrons. The predicted octanol–water partition coefficient (Wildman–Crippen LogP) is 6.05. The highest BCUT2D eigenvalue weighted by atomic mass is 16.7. The number of aliphatic hydroxyl groups is 2. The SMILES string of the molecule is CCOC(C)(C)[C@@H](O)[C@H]1C[C@@H]([C@@H]2CC=C3[C@]4(C)[C@H](O)C[C@H]5C(C)(C)[C@H](OC(C)=O)CC[C@]5(C)[C@H]4CC[C@]32C)[C@H](OC)O1. The van der Waals surface area contributed by atoms with E-state index in [1.165, 1.54) is 12.5 Å². The lowest BCUT2D eigenvalue weighted by atomic mass is 9.37. The van der Waals surface area contributed by atoms with Gasteiger partial charge in [0.2, 0.25) is 0 Å². The monoisotopic (exact) mass is 590 g/mol. The third-order valence-corrected chi connectivity index (χ3v) is 13.5. The average Bonchev–Trinajstić information content (AvgIpc) is 3.48. The molecule has 1 aliphatic heterocycles. The van der Waals surface area contributed by atoms with Crippen molar-refractivity contribution in [2.75, 3.05) is 13.7 Å². The van der Waals surface area contributed by atoms with E-state index in [0.717, 1.165) is 44.9 Å². The molecule has 0 aromatic heterocycles. The summed E-state index contributed by atoms with van der Waals surface area (Å²) in [5.74, 6) is 0.879. The molecule has 4 fully saturated rings. The highest BCUT2D eigenvalue weighted by Crippen LogP contribution is 2.73. The van der Waals surface area contributed by atoms with Crippen molar-refractivity contribution in [2.24, 2.45) is 45.3 Å². The molecule has 7 nitrogen and oxygen atoms in total. The Bertz CT molecular complexity index is 1070. The van der Waals surface area contributed by atoms with Crippen molar-refractivity contribution in [1.29, 1.82) is 0 Å². The zero-order chi connectivity index (χ0) is 31.0. The van der Waals surface area contributed by atoms with E-state index in [1.54, 1.807) is 7.11 Å². The number of rotatable bonds is 7. The van der Waals surface area contributed by atoms with Crippen LogP contribution in [0.15, 0.2) is 11.6 Å². The lowest BCUT2D eigenvalue weighted by molar-refractivity contribution is -0.221. The van der Waals surface area contributed by atoms with Crippen molar-refractivity contribution in [3.05, 3.63) is 11.6 Å². The molecule has 0 amide bonds. The molecule has 0 aromatic rings. The van der Waals surface area contributed by atoms with Gasteiger partial charge in [-0.2, -0.15) is 0 Å². The molecule has 7 heteroatoms. The Morgan fingerprint density at radius 2 is 1.81 bits per heavy atom. The zero-order valence-corrected chi connectivity index (χ0v) is 27.9. The van der Waals surface area contributed by atoms with Crippen molar-refractivity contribution in [3.8, 4) is 0 Å². The molecule has 0 radical (unpaired) electrons. The van der Waals surface area contributed by atoms with E-state index in [0.29, 0.717) is 18.4 Å². The lowest BCUT2D eigenvalue weighted by Crippen LogP contribution is -2.65. The second-order valence-electron chi connectivity index (χ2n) is 16.2. The number of methoxy groups -OCH3 is 1. The van der Waals surface area contributed by atoms with Crippen LogP contribution in [0, 0.1) is 45.3 Å². The summed E-state index contributed by atoms with van der Waals surface area (Å²) in [5.41, 5.74) is 0.195. The maximum atomic E-state index is 12.1. The first-order chi connectivity index (χ1) is 19.5. The van der Waals surface area contributed by atoms with Crippen molar-refractivity contribution < 1.29 is 34.0 Å². The molecule has 3 saturated carbocycles. The van der Waals surface area contributed by atoms with Crippen LogP contribution in [0.4, 0.5) is 0 Å². The summed E-state index contributed by atoms with van der Waals surface area (Å²) in [7, 11) is 1.71. The van der Waals surface area contributed by atoms with Gasteiger partial charge in [0.05, 0.1) is 17.8 Å². The van der Waals surface area contributed by atoms with Crippen molar-refractivity contribution in [2.45, 2.75) is 144 Å². The fraction of sp³-hybridized carbons (Fsp3) is 0.914. The van der Waals surface area contributed by atoms with Crippen LogP contribution in [0.2, 0.25) is 0 Å². The molecule has 5 rings (SSSR count). The number of allylic oxidation sites excluding steroid dienone is 1. The Kier molecular flexibility index (Phi) is 8.35. The van der Waals surface area contributed by atoms with E-state index in [2.05, 4.69) is 40.7 Å². The van der Waals surface area contributed by atoms with Gasteiger partial charge in [-0.3, -0.25) is 4.79 Å². The van der Waals surface area contributed by atoms with E-state index < -0.39 is 17.8 Å². The normalized spacial score (nSPS) is 47.2. The molecule has 1 heterocycles. The predicted molar refractivity (Wildman–Crippen MR) is 161 cm³/mol. The molecular weight excluding hydrogens is 532 g/mol. The minimum absolute atomic E-state index is 0.0555. The number of aliphatic hydroxyl groups excluding tert-OH is 2. The fourth-order valence-corrected chi connectivity index (χ4v) is 11.4. The number of fused-ring (bicyclic) bond motifs is 5. The molecule has 0 unspecified atom stereocenters. The second kappa shape index (κ2) is 10.8. The Balaban J connectivity index is 1.41. The summed E-state index contributed by atoms with van der Waals surface area (Å²) in [4.78, 5) is 11.9. The van der Waals surface area contributed by atoms with E-state index in [9.17, 15) is 15.0 Å². The summed E-state index contributed by atoms with van der Waals surface area (Å²) < 4.78 is 24.1. The molecule has 1 saturated heterocycles. The van der Waals surface area contributed by atoms with Crippen molar-refractivity contribution in [3.63, 3.8) is 0 Å². The third-order valence-electron chi connectivity index (χ3n) is 13.5. The smallest absolute Gasteiger partial charge is 0.302 e. The molecule has 0 spiro atoms. The summed E-state index contributed by atoms with van der Waals surface area (Å²) in [6, 6.07) is 0. The molecular formula is C35H58O7. The van der Waals surface area contributed by atoms with Gasteiger partial charge in [-0.15, -0.1) is 0 Å². The number of ether oxygens (including phenoxy) is 4. The van der Waals surface area contributed by atoms with E-state index in [4.69, 9.17) is 18.9 Å². The van der Waals surface area contributed by atoms with Gasteiger partial charge < -0.3 is 29.2 Å². The van der Waals surface area contributed by atoms with Crippen LogP contribution >= 0.6 is 0 Å². The number of carbonyl (C=O) groups is 1. The van der Waals surface area contributed by atoms with Crippen LogP contribution in [0.1, 0.15) is 107 Å². The maximum absolute atomic E-state index is 12.1. The van der Waals surface area contributed by atoms with Crippen LogP contribution in [0.3, 0.4) is 0 Å². The number of carbonyl (C=O) groups excluding carboxylic acids is 1. The van der Waals surface area contributed by atoms with Crippen molar-refractivity contribution >= 4 is 5.97 Å². The van der Waals surface area contributed by atoms with Gasteiger partial charge in [0, 0.05) is 37.4 Å². The first-order valence-corrected chi connectivity index (χ1v) is 16.5. The van der Waals surface area contributed by atoms with Gasteiger partial charge in [0.15, 0.2) is 6.29 Å². The van der Waals surface area contributed by atoms with Gasteiger partial charge in [-0.1, -0.05) is 46.3 Å². The van der Waals surface area contributed by atoms with Gasteiger partial charge in [0.25, 0.3) is 0 Å². The molecule has 42 heavy (non-hydrogen) atoms. The lowest BCUT2D eigenvalue weighted by Gasteiger charge is -2.68. The molecule has 2 N–H and O–H groups in total. The van der Waals surface area contributed by atoms with Gasteiger partial charge >= 0.3 is 5.97 Å². The summed E-state index contributed by atoms with van der Waals surface area (Å²) in [6.07, 6.45) is 6.81. The number of esters is 1. The Labute approximate surface area is 254 Å². The Morgan fingerprint density at radius 3 is 2.43 bits per heavy atom. The van der Waals surface area contributed by atoms with E-state index in [-0.39, 0.29) is 58.0 Å². The van der Waals surface area contributed by atoms with Crippen LogP contribution in [-0.4, -0.2) is 66.2 Å². The quantitative estimate of drug-likeness (QED) is 0.275.